The summed E-state index contributed by atoms with van der Waals surface area (Å²) >= 11 is 1.93. The van der Waals surface area contributed by atoms with Gasteiger partial charge in [-0.25, -0.2) is 0 Å². The predicted octanol–water partition coefficient (Wildman–Crippen LogP) is 3.88. The third-order valence-corrected chi connectivity index (χ3v) is 4.91. The zero-order chi connectivity index (χ0) is 12.7. The lowest BCUT2D eigenvalue weighted by atomic mass is 10.1. The Bertz CT molecular complexity index is 626. The number of thioether (sulfide) groups is 1. The van der Waals surface area contributed by atoms with Crippen molar-refractivity contribution in [2.45, 2.75) is 17.4 Å². The molecule has 1 unspecified atom stereocenters. The monoisotopic (exact) mass is 269 g/mol. The molecule has 0 saturated heterocycles. The maximum atomic E-state index is 5.55. The van der Waals surface area contributed by atoms with E-state index in [9.17, 15) is 0 Å². The van der Waals surface area contributed by atoms with Crippen LogP contribution in [0.2, 0.25) is 0 Å². The first-order valence-electron chi connectivity index (χ1n) is 6.64. The highest BCUT2D eigenvalue weighted by Gasteiger charge is 2.22. The molecule has 0 saturated carbocycles. The number of ether oxygens (including phenoxy) is 1. The number of hydrogen-bond donors (Lipinski definition) is 1. The number of hydrogen-bond acceptors (Lipinski definition) is 3. The van der Waals surface area contributed by atoms with E-state index in [-0.39, 0.29) is 0 Å². The number of nitrogens with one attached hydrogen (secondary N) is 1. The minimum Gasteiger partial charge on any atom is -0.493 e. The van der Waals surface area contributed by atoms with Crippen molar-refractivity contribution in [2.24, 2.45) is 0 Å². The van der Waals surface area contributed by atoms with Crippen molar-refractivity contribution >= 4 is 17.4 Å². The Kier molecular flexibility index (Phi) is 2.66. The van der Waals surface area contributed by atoms with Gasteiger partial charge in [0.25, 0.3) is 0 Å². The van der Waals surface area contributed by atoms with Crippen LogP contribution in [-0.2, 0) is 6.42 Å². The molecule has 2 heterocycles. The highest BCUT2D eigenvalue weighted by Crippen LogP contribution is 2.40. The third kappa shape index (κ3) is 1.98. The summed E-state index contributed by atoms with van der Waals surface area (Å²) in [6, 6.07) is 15.5. The van der Waals surface area contributed by atoms with Crippen LogP contribution >= 0.6 is 11.8 Å². The van der Waals surface area contributed by atoms with E-state index < -0.39 is 0 Å². The topological polar surface area (TPSA) is 21.3 Å². The van der Waals surface area contributed by atoms with Crippen molar-refractivity contribution in [3.63, 3.8) is 0 Å². The van der Waals surface area contributed by atoms with Gasteiger partial charge in [0, 0.05) is 22.8 Å². The predicted molar refractivity (Wildman–Crippen MR) is 79.2 cm³/mol. The molecule has 0 fully saturated rings. The molecule has 2 aliphatic heterocycles. The van der Waals surface area contributed by atoms with Gasteiger partial charge < -0.3 is 10.1 Å². The molecular weight excluding hydrogens is 254 g/mol. The Morgan fingerprint density at radius 2 is 2.11 bits per heavy atom. The van der Waals surface area contributed by atoms with Crippen LogP contribution < -0.4 is 10.1 Å². The molecule has 2 aromatic carbocycles. The van der Waals surface area contributed by atoms with Gasteiger partial charge in [0.1, 0.15) is 5.75 Å². The lowest BCUT2D eigenvalue weighted by molar-refractivity contribution is 0.357. The van der Waals surface area contributed by atoms with E-state index in [0.717, 1.165) is 24.5 Å². The summed E-state index contributed by atoms with van der Waals surface area (Å²) in [6.07, 6.45) is 1.03. The molecule has 0 amide bonds. The molecule has 0 bridgehead atoms. The largest absolute Gasteiger partial charge is 0.493 e. The summed E-state index contributed by atoms with van der Waals surface area (Å²) in [7, 11) is 0. The standard InChI is InChI=1S/C16H15NOS/c1-2-4-16-13(3-1)14(10-19-16)17-12-5-6-15-11(9-12)7-8-18-15/h1-6,9,14,17H,7-8,10H2. The van der Waals surface area contributed by atoms with E-state index in [4.69, 9.17) is 4.74 Å². The molecule has 1 N–H and O–H groups in total. The first kappa shape index (κ1) is 11.2. The fraction of sp³-hybridized carbons (Fsp3) is 0.250. The lowest BCUT2D eigenvalue weighted by Crippen LogP contribution is -2.09. The molecular formula is C16H15NOS. The van der Waals surface area contributed by atoms with Gasteiger partial charge in [-0.05, 0) is 35.4 Å². The number of benzene rings is 2. The normalized spacial score (nSPS) is 19.7. The fourth-order valence-electron chi connectivity index (χ4n) is 2.76. The van der Waals surface area contributed by atoms with Gasteiger partial charge >= 0.3 is 0 Å². The van der Waals surface area contributed by atoms with E-state index in [0.29, 0.717) is 6.04 Å². The van der Waals surface area contributed by atoms with E-state index >= 15 is 0 Å². The van der Waals surface area contributed by atoms with E-state index in [1.807, 2.05) is 11.8 Å². The van der Waals surface area contributed by atoms with Gasteiger partial charge in [-0.2, -0.15) is 0 Å². The second-order valence-corrected chi connectivity index (χ2v) is 6.03. The molecule has 0 aliphatic carbocycles. The summed E-state index contributed by atoms with van der Waals surface area (Å²) in [6.45, 7) is 0.820. The van der Waals surface area contributed by atoms with Crippen LogP contribution in [0.1, 0.15) is 17.2 Å². The van der Waals surface area contributed by atoms with Gasteiger partial charge in [-0.15, -0.1) is 11.8 Å². The molecule has 19 heavy (non-hydrogen) atoms. The summed E-state index contributed by atoms with van der Waals surface area (Å²) in [5, 5.41) is 3.65. The first-order valence-corrected chi connectivity index (χ1v) is 7.63. The molecule has 0 spiro atoms. The van der Waals surface area contributed by atoms with Crippen LogP contribution in [0.4, 0.5) is 5.69 Å². The van der Waals surface area contributed by atoms with Crippen molar-refractivity contribution in [2.75, 3.05) is 17.7 Å². The van der Waals surface area contributed by atoms with Crippen LogP contribution in [0.5, 0.6) is 5.75 Å². The Morgan fingerprint density at radius 1 is 1.16 bits per heavy atom. The maximum absolute atomic E-state index is 5.55. The molecule has 1 atom stereocenters. The maximum Gasteiger partial charge on any atom is 0.122 e. The smallest absolute Gasteiger partial charge is 0.122 e. The van der Waals surface area contributed by atoms with Gasteiger partial charge in [-0.3, -0.25) is 0 Å². The molecule has 2 aromatic rings. The summed E-state index contributed by atoms with van der Waals surface area (Å²) < 4.78 is 5.55. The third-order valence-electron chi connectivity index (χ3n) is 3.73. The van der Waals surface area contributed by atoms with E-state index in [2.05, 4.69) is 47.8 Å². The summed E-state index contributed by atoms with van der Waals surface area (Å²) in [5.41, 5.74) is 3.94. The highest BCUT2D eigenvalue weighted by atomic mass is 32.2. The molecule has 4 rings (SSSR count). The van der Waals surface area contributed by atoms with Crippen molar-refractivity contribution in [3.05, 3.63) is 53.6 Å². The molecule has 2 aliphatic rings. The number of fused-ring (bicyclic) bond motifs is 2. The molecule has 0 aromatic heterocycles. The van der Waals surface area contributed by atoms with E-state index in [1.165, 1.54) is 21.7 Å². The minimum absolute atomic E-state index is 0.418. The van der Waals surface area contributed by atoms with Crippen molar-refractivity contribution < 1.29 is 4.74 Å². The van der Waals surface area contributed by atoms with Crippen molar-refractivity contribution in [3.8, 4) is 5.75 Å². The first-order chi connectivity index (χ1) is 9.40. The fourth-order valence-corrected chi connectivity index (χ4v) is 3.92. The average molecular weight is 269 g/mol. The van der Waals surface area contributed by atoms with Crippen molar-refractivity contribution in [1.82, 2.24) is 0 Å². The minimum atomic E-state index is 0.418. The zero-order valence-corrected chi connectivity index (χ0v) is 11.4. The molecule has 2 nitrogen and oxygen atoms in total. The Labute approximate surface area is 117 Å². The Hall–Kier alpha value is -1.61. The number of rotatable bonds is 2. The Balaban J connectivity index is 1.60. The number of anilines is 1. The van der Waals surface area contributed by atoms with Crippen molar-refractivity contribution in [1.29, 1.82) is 0 Å². The van der Waals surface area contributed by atoms with Crippen LogP contribution in [0.3, 0.4) is 0 Å². The van der Waals surface area contributed by atoms with E-state index in [1.54, 1.807) is 0 Å². The molecule has 0 radical (unpaired) electrons. The van der Waals surface area contributed by atoms with Crippen LogP contribution in [0.15, 0.2) is 47.4 Å². The zero-order valence-electron chi connectivity index (χ0n) is 10.6. The van der Waals surface area contributed by atoms with Gasteiger partial charge in [0.05, 0.1) is 12.6 Å². The lowest BCUT2D eigenvalue weighted by Gasteiger charge is -2.15. The second kappa shape index (κ2) is 4.49. The van der Waals surface area contributed by atoms with Gasteiger partial charge in [0.2, 0.25) is 0 Å². The molecule has 3 heteroatoms. The van der Waals surface area contributed by atoms with Gasteiger partial charge in [0.15, 0.2) is 0 Å². The van der Waals surface area contributed by atoms with Crippen LogP contribution in [-0.4, -0.2) is 12.4 Å². The molecule has 96 valence electrons. The van der Waals surface area contributed by atoms with Crippen LogP contribution in [0, 0.1) is 0 Å². The Morgan fingerprint density at radius 3 is 3.11 bits per heavy atom. The quantitative estimate of drug-likeness (QED) is 0.894. The highest BCUT2D eigenvalue weighted by molar-refractivity contribution is 7.99. The average Bonchev–Trinajstić information content (AvgIpc) is 3.06. The summed E-state index contributed by atoms with van der Waals surface area (Å²) in [5.74, 6) is 2.15. The summed E-state index contributed by atoms with van der Waals surface area (Å²) in [4.78, 5) is 1.41. The van der Waals surface area contributed by atoms with Crippen LogP contribution in [0.25, 0.3) is 0 Å². The SMILES string of the molecule is c1ccc2c(c1)SCC2Nc1ccc2c(c1)CCO2. The second-order valence-electron chi connectivity index (χ2n) is 4.97. The van der Waals surface area contributed by atoms with Gasteiger partial charge in [-0.1, -0.05) is 18.2 Å².